The van der Waals surface area contributed by atoms with Crippen molar-refractivity contribution in [2.45, 2.75) is 0 Å². The molecule has 0 aliphatic heterocycles. The van der Waals surface area contributed by atoms with Gasteiger partial charge in [-0.2, -0.15) is 5.26 Å². The highest BCUT2D eigenvalue weighted by Gasteiger charge is 2.09. The smallest absolute Gasteiger partial charge is 0.141 e. The van der Waals surface area contributed by atoms with Crippen LogP contribution in [0.1, 0.15) is 5.56 Å². The van der Waals surface area contributed by atoms with Crippen LogP contribution in [-0.2, 0) is 0 Å². The average Bonchev–Trinajstić information content (AvgIpc) is 2.28. The summed E-state index contributed by atoms with van der Waals surface area (Å²) in [6, 6.07) is 9.63. The first kappa shape index (κ1) is 10.1. The average molecular weight is 213 g/mol. The maximum absolute atomic E-state index is 13.1. The van der Waals surface area contributed by atoms with Gasteiger partial charge in [0.25, 0.3) is 0 Å². The van der Waals surface area contributed by atoms with Crippen LogP contribution in [0.25, 0.3) is 11.1 Å². The van der Waals surface area contributed by atoms with E-state index >= 15 is 0 Å². The normalized spacial score (nSPS) is 9.75. The van der Waals surface area contributed by atoms with Crippen LogP contribution in [-0.4, -0.2) is 4.98 Å². The lowest BCUT2D eigenvalue weighted by Gasteiger charge is -2.05. The molecule has 0 atom stereocenters. The number of hydrogen-bond donors (Lipinski definition) is 1. The molecule has 1 heterocycles. The second kappa shape index (κ2) is 3.99. The highest BCUT2D eigenvalue weighted by Crippen LogP contribution is 2.25. The third-order valence-corrected chi connectivity index (χ3v) is 2.23. The SMILES string of the molecule is N#Cc1c(-c2cccc(F)c2)ccnc1N. The summed E-state index contributed by atoms with van der Waals surface area (Å²) in [6.07, 6.45) is 1.50. The van der Waals surface area contributed by atoms with Gasteiger partial charge in [-0.15, -0.1) is 0 Å². The maximum atomic E-state index is 13.1. The van der Waals surface area contributed by atoms with Crippen LogP contribution in [0.5, 0.6) is 0 Å². The Kier molecular flexibility index (Phi) is 2.52. The molecule has 0 aliphatic carbocycles. The van der Waals surface area contributed by atoms with Gasteiger partial charge in [0, 0.05) is 11.8 Å². The monoisotopic (exact) mass is 213 g/mol. The van der Waals surface area contributed by atoms with Crippen molar-refractivity contribution in [1.82, 2.24) is 4.98 Å². The van der Waals surface area contributed by atoms with Gasteiger partial charge in [0.15, 0.2) is 0 Å². The van der Waals surface area contributed by atoms with Gasteiger partial charge in [-0.25, -0.2) is 9.37 Å². The minimum absolute atomic E-state index is 0.157. The number of nitriles is 1. The van der Waals surface area contributed by atoms with Crippen molar-refractivity contribution in [3.05, 3.63) is 47.9 Å². The van der Waals surface area contributed by atoms with Crippen LogP contribution >= 0.6 is 0 Å². The van der Waals surface area contributed by atoms with Gasteiger partial charge >= 0.3 is 0 Å². The van der Waals surface area contributed by atoms with Gasteiger partial charge < -0.3 is 5.73 Å². The third-order valence-electron chi connectivity index (χ3n) is 2.23. The van der Waals surface area contributed by atoms with E-state index in [9.17, 15) is 4.39 Å². The summed E-state index contributed by atoms with van der Waals surface area (Å²) in [5.41, 5.74) is 7.06. The summed E-state index contributed by atoms with van der Waals surface area (Å²) in [4.78, 5) is 3.82. The van der Waals surface area contributed by atoms with E-state index < -0.39 is 0 Å². The number of nitrogen functional groups attached to an aromatic ring is 1. The molecule has 2 aromatic rings. The van der Waals surface area contributed by atoms with Crippen LogP contribution in [0.15, 0.2) is 36.5 Å². The molecule has 0 radical (unpaired) electrons. The van der Waals surface area contributed by atoms with Gasteiger partial charge in [-0.1, -0.05) is 12.1 Å². The Morgan fingerprint density at radius 2 is 2.12 bits per heavy atom. The fourth-order valence-corrected chi connectivity index (χ4v) is 1.49. The van der Waals surface area contributed by atoms with Gasteiger partial charge in [0.2, 0.25) is 0 Å². The van der Waals surface area contributed by atoms with E-state index in [1.807, 2.05) is 6.07 Å². The largest absolute Gasteiger partial charge is 0.383 e. The first-order valence-corrected chi connectivity index (χ1v) is 4.63. The maximum Gasteiger partial charge on any atom is 0.141 e. The lowest BCUT2D eigenvalue weighted by molar-refractivity contribution is 0.628. The lowest BCUT2D eigenvalue weighted by atomic mass is 10.0. The van der Waals surface area contributed by atoms with E-state index in [2.05, 4.69) is 4.98 Å². The Balaban J connectivity index is 2.66. The Morgan fingerprint density at radius 1 is 1.31 bits per heavy atom. The number of halogens is 1. The molecule has 3 nitrogen and oxygen atoms in total. The molecule has 0 aliphatic rings. The van der Waals surface area contributed by atoms with Gasteiger partial charge in [-0.3, -0.25) is 0 Å². The van der Waals surface area contributed by atoms with Gasteiger partial charge in [0.1, 0.15) is 23.3 Å². The minimum atomic E-state index is -0.350. The Hall–Kier alpha value is -2.41. The topological polar surface area (TPSA) is 62.7 Å². The molecule has 78 valence electrons. The third kappa shape index (κ3) is 1.71. The fraction of sp³-hybridized carbons (Fsp3) is 0. The van der Waals surface area contributed by atoms with E-state index in [1.165, 1.54) is 18.3 Å². The summed E-state index contributed by atoms with van der Waals surface area (Å²) in [5, 5.41) is 8.97. The number of nitrogens with two attached hydrogens (primary N) is 1. The van der Waals surface area contributed by atoms with Crippen LogP contribution in [0.4, 0.5) is 10.2 Å². The van der Waals surface area contributed by atoms with Crippen LogP contribution in [0.3, 0.4) is 0 Å². The molecule has 0 amide bonds. The summed E-state index contributed by atoms with van der Waals surface area (Å²) < 4.78 is 13.1. The summed E-state index contributed by atoms with van der Waals surface area (Å²) >= 11 is 0. The predicted molar refractivity (Wildman–Crippen MR) is 58.8 cm³/mol. The number of rotatable bonds is 1. The highest BCUT2D eigenvalue weighted by atomic mass is 19.1. The summed E-state index contributed by atoms with van der Waals surface area (Å²) in [5.74, 6) is -0.193. The number of anilines is 1. The van der Waals surface area contributed by atoms with E-state index in [0.29, 0.717) is 11.1 Å². The van der Waals surface area contributed by atoms with Crippen LogP contribution in [0.2, 0.25) is 0 Å². The van der Waals surface area contributed by atoms with E-state index in [-0.39, 0.29) is 17.2 Å². The van der Waals surface area contributed by atoms with Crippen LogP contribution in [0, 0.1) is 17.1 Å². The number of nitrogens with zero attached hydrogens (tertiary/aromatic N) is 2. The van der Waals surface area contributed by atoms with E-state index in [4.69, 9.17) is 11.0 Å². The van der Waals surface area contributed by atoms with Crippen molar-refractivity contribution >= 4 is 5.82 Å². The minimum Gasteiger partial charge on any atom is -0.383 e. The Morgan fingerprint density at radius 3 is 2.81 bits per heavy atom. The molecule has 0 fully saturated rings. The molecule has 4 heteroatoms. The molecule has 2 rings (SSSR count). The van der Waals surface area contributed by atoms with Crippen molar-refractivity contribution in [2.24, 2.45) is 0 Å². The standard InChI is InChI=1S/C12H8FN3/c13-9-3-1-2-8(6-9)10-4-5-16-12(15)11(10)7-14/h1-6H,(H2,15,16). The second-order valence-electron chi connectivity index (χ2n) is 3.24. The number of benzene rings is 1. The second-order valence-corrected chi connectivity index (χ2v) is 3.24. The quantitative estimate of drug-likeness (QED) is 0.790. The molecule has 0 unspecified atom stereocenters. The highest BCUT2D eigenvalue weighted by molar-refractivity contribution is 5.74. The lowest BCUT2D eigenvalue weighted by Crippen LogP contribution is -1.96. The van der Waals surface area contributed by atoms with Crippen molar-refractivity contribution in [1.29, 1.82) is 5.26 Å². The summed E-state index contributed by atoms with van der Waals surface area (Å²) in [6.45, 7) is 0. The zero-order valence-corrected chi connectivity index (χ0v) is 8.31. The van der Waals surface area contributed by atoms with E-state index in [0.717, 1.165) is 0 Å². The summed E-state index contributed by atoms with van der Waals surface area (Å²) in [7, 11) is 0. The first-order valence-electron chi connectivity index (χ1n) is 4.63. The molecular formula is C12H8FN3. The molecule has 0 bridgehead atoms. The first-order chi connectivity index (χ1) is 7.72. The number of aromatic nitrogens is 1. The van der Waals surface area contributed by atoms with Gasteiger partial charge in [0.05, 0.1) is 0 Å². The molecule has 2 N–H and O–H groups in total. The van der Waals surface area contributed by atoms with Crippen molar-refractivity contribution in [2.75, 3.05) is 5.73 Å². The van der Waals surface area contributed by atoms with Gasteiger partial charge in [-0.05, 0) is 23.8 Å². The van der Waals surface area contributed by atoms with Crippen LogP contribution < -0.4 is 5.73 Å². The molecule has 16 heavy (non-hydrogen) atoms. The molecule has 1 aromatic carbocycles. The molecule has 0 saturated carbocycles. The van der Waals surface area contributed by atoms with Crippen molar-refractivity contribution in [3.8, 4) is 17.2 Å². The zero-order chi connectivity index (χ0) is 11.5. The zero-order valence-electron chi connectivity index (χ0n) is 8.31. The fourth-order valence-electron chi connectivity index (χ4n) is 1.49. The van der Waals surface area contributed by atoms with E-state index in [1.54, 1.807) is 18.2 Å². The number of hydrogen-bond acceptors (Lipinski definition) is 3. The molecule has 1 aromatic heterocycles. The molecule has 0 saturated heterocycles. The molecule has 0 spiro atoms. The number of pyridine rings is 1. The molecular weight excluding hydrogens is 205 g/mol. The van der Waals surface area contributed by atoms with Crippen molar-refractivity contribution in [3.63, 3.8) is 0 Å². The Bertz CT molecular complexity index is 573. The predicted octanol–water partition coefficient (Wildman–Crippen LogP) is 2.34. The Labute approximate surface area is 92.0 Å². The van der Waals surface area contributed by atoms with Crippen molar-refractivity contribution < 1.29 is 4.39 Å².